The Morgan fingerprint density at radius 1 is 1.11 bits per heavy atom. The molecule has 1 heterocycles. The first kappa shape index (κ1) is 18.1. The molecule has 0 aromatic heterocycles. The lowest BCUT2D eigenvalue weighted by molar-refractivity contribution is -0.126. The molecule has 2 aliphatic rings. The Morgan fingerprint density at radius 3 is 2.63 bits per heavy atom. The molecule has 0 unspecified atom stereocenters. The van der Waals surface area contributed by atoms with Crippen LogP contribution in [0.3, 0.4) is 0 Å². The van der Waals surface area contributed by atoms with Crippen LogP contribution in [0.2, 0.25) is 0 Å². The third-order valence-electron chi connectivity index (χ3n) is 5.38. The van der Waals surface area contributed by atoms with E-state index < -0.39 is 7.12 Å². The molecule has 0 bridgehead atoms. The van der Waals surface area contributed by atoms with Gasteiger partial charge in [-0.3, -0.25) is 4.79 Å². The van der Waals surface area contributed by atoms with Gasteiger partial charge in [-0.25, -0.2) is 0 Å². The molecule has 0 atom stereocenters. The molecule has 5 nitrogen and oxygen atoms in total. The average Bonchev–Trinajstić information content (AvgIpc) is 3.08. The number of carbonyl (C=O) groups is 1. The van der Waals surface area contributed by atoms with E-state index in [2.05, 4.69) is 5.32 Å². The molecule has 27 heavy (non-hydrogen) atoms. The summed E-state index contributed by atoms with van der Waals surface area (Å²) in [5.74, 6) is 1.81. The predicted molar refractivity (Wildman–Crippen MR) is 104 cm³/mol. The molecule has 1 aliphatic heterocycles. The first-order valence-corrected chi connectivity index (χ1v) is 9.66. The van der Waals surface area contributed by atoms with Gasteiger partial charge >= 0.3 is 7.12 Å². The largest absolute Gasteiger partial charge is 0.491 e. The molecule has 1 aliphatic carbocycles. The van der Waals surface area contributed by atoms with E-state index in [1.54, 1.807) is 0 Å². The molecule has 2 aromatic rings. The summed E-state index contributed by atoms with van der Waals surface area (Å²) in [6.07, 6.45) is 5.61. The zero-order valence-electron chi connectivity index (χ0n) is 15.3. The lowest BCUT2D eigenvalue weighted by Crippen LogP contribution is -2.31. The number of amides is 1. The molecule has 1 amide bonds. The van der Waals surface area contributed by atoms with Crippen molar-refractivity contribution in [1.29, 1.82) is 0 Å². The van der Waals surface area contributed by atoms with Crippen molar-refractivity contribution < 1.29 is 19.2 Å². The van der Waals surface area contributed by atoms with Crippen LogP contribution in [-0.2, 0) is 22.6 Å². The van der Waals surface area contributed by atoms with Gasteiger partial charge in [0.2, 0.25) is 5.91 Å². The molecule has 4 rings (SSSR count). The van der Waals surface area contributed by atoms with Gasteiger partial charge in [-0.2, -0.15) is 0 Å². The fourth-order valence-electron chi connectivity index (χ4n) is 3.78. The third-order valence-corrected chi connectivity index (χ3v) is 5.38. The van der Waals surface area contributed by atoms with Gasteiger partial charge in [0, 0.05) is 12.5 Å². The zero-order valence-corrected chi connectivity index (χ0v) is 15.3. The van der Waals surface area contributed by atoms with Crippen LogP contribution in [0.15, 0.2) is 42.5 Å². The summed E-state index contributed by atoms with van der Waals surface area (Å²) in [6, 6.07) is 13.3. The predicted octanol–water partition coefficient (Wildman–Crippen LogP) is 2.89. The van der Waals surface area contributed by atoms with Gasteiger partial charge in [0.05, 0.1) is 6.61 Å². The average molecular weight is 365 g/mol. The lowest BCUT2D eigenvalue weighted by atomic mass is 9.80. The van der Waals surface area contributed by atoms with E-state index in [-0.39, 0.29) is 11.8 Å². The fourth-order valence-corrected chi connectivity index (χ4v) is 3.78. The van der Waals surface area contributed by atoms with E-state index in [1.165, 1.54) is 6.42 Å². The molecule has 2 N–H and O–H groups in total. The van der Waals surface area contributed by atoms with Crippen LogP contribution >= 0.6 is 0 Å². The van der Waals surface area contributed by atoms with Crippen LogP contribution in [0.1, 0.15) is 43.2 Å². The van der Waals surface area contributed by atoms with Crippen molar-refractivity contribution >= 4 is 18.5 Å². The summed E-state index contributed by atoms with van der Waals surface area (Å²) in [5, 5.41) is 12.7. The van der Waals surface area contributed by atoms with Crippen LogP contribution < -0.4 is 15.5 Å². The number of hydrogen-bond acceptors (Lipinski definition) is 4. The molecule has 0 radical (unpaired) electrons. The van der Waals surface area contributed by atoms with Crippen molar-refractivity contribution in [3.05, 3.63) is 53.6 Å². The minimum Gasteiger partial charge on any atom is -0.457 e. The molecule has 140 valence electrons. The highest BCUT2D eigenvalue weighted by Crippen LogP contribution is 2.25. The van der Waals surface area contributed by atoms with Gasteiger partial charge in [0.25, 0.3) is 0 Å². The summed E-state index contributed by atoms with van der Waals surface area (Å²) < 4.78 is 11.1. The standard InChI is InChI=1S/C21H24BNO4/c24-21(16-4-2-1-3-5-16)23-13-15-6-8-18(9-7-15)27-19-10-11-20-17(12-19)14-26-22(20)25/h6-12,16,25H,1-5,13-14H2,(H,23,24). The maximum Gasteiger partial charge on any atom is 0.491 e. The van der Waals surface area contributed by atoms with Crippen molar-refractivity contribution in [2.75, 3.05) is 0 Å². The molecule has 2 aromatic carbocycles. The topological polar surface area (TPSA) is 67.8 Å². The summed E-state index contributed by atoms with van der Waals surface area (Å²) >= 11 is 0. The van der Waals surface area contributed by atoms with Crippen LogP contribution in [0.4, 0.5) is 0 Å². The molecule has 0 saturated heterocycles. The Kier molecular flexibility index (Phi) is 5.46. The summed E-state index contributed by atoms with van der Waals surface area (Å²) in [4.78, 5) is 12.2. The SMILES string of the molecule is O=C(NCc1ccc(Oc2ccc3c(c2)COB3O)cc1)C1CCCCC1. The number of rotatable bonds is 5. The van der Waals surface area contributed by atoms with Crippen molar-refractivity contribution in [3.8, 4) is 11.5 Å². The van der Waals surface area contributed by atoms with Gasteiger partial charge in [-0.1, -0.05) is 37.5 Å². The number of ether oxygens (including phenoxy) is 1. The maximum absolute atomic E-state index is 12.2. The number of nitrogens with one attached hydrogen (secondary N) is 1. The first-order valence-electron chi connectivity index (χ1n) is 9.66. The van der Waals surface area contributed by atoms with E-state index in [9.17, 15) is 9.82 Å². The third kappa shape index (κ3) is 4.34. The Balaban J connectivity index is 1.32. The molecular formula is C21H24BNO4. The monoisotopic (exact) mass is 365 g/mol. The van der Waals surface area contributed by atoms with Crippen molar-refractivity contribution in [2.45, 2.75) is 45.3 Å². The minimum absolute atomic E-state index is 0.178. The molecule has 6 heteroatoms. The van der Waals surface area contributed by atoms with Gasteiger partial charge in [0.15, 0.2) is 0 Å². The molecule has 1 saturated carbocycles. The van der Waals surface area contributed by atoms with Crippen molar-refractivity contribution in [1.82, 2.24) is 5.32 Å². The number of hydrogen-bond donors (Lipinski definition) is 2. The Bertz CT molecular complexity index is 802. The fraction of sp³-hybridized carbons (Fsp3) is 0.381. The smallest absolute Gasteiger partial charge is 0.457 e. The molecular weight excluding hydrogens is 341 g/mol. The normalized spacial score (nSPS) is 16.9. The zero-order chi connectivity index (χ0) is 18.6. The van der Waals surface area contributed by atoms with E-state index in [0.717, 1.165) is 48.0 Å². The van der Waals surface area contributed by atoms with Gasteiger partial charge in [-0.05, 0) is 53.7 Å². The van der Waals surface area contributed by atoms with Crippen molar-refractivity contribution in [2.24, 2.45) is 5.92 Å². The van der Waals surface area contributed by atoms with Gasteiger partial charge < -0.3 is 19.7 Å². The second-order valence-corrected chi connectivity index (χ2v) is 7.32. The second-order valence-electron chi connectivity index (χ2n) is 7.32. The lowest BCUT2D eigenvalue weighted by Gasteiger charge is -2.20. The van der Waals surface area contributed by atoms with Crippen LogP contribution in [-0.4, -0.2) is 18.0 Å². The summed E-state index contributed by atoms with van der Waals surface area (Å²) in [5.41, 5.74) is 2.80. The minimum atomic E-state index is -0.836. The Hall–Kier alpha value is -2.31. The van der Waals surface area contributed by atoms with E-state index >= 15 is 0 Å². The van der Waals surface area contributed by atoms with Crippen LogP contribution in [0.25, 0.3) is 0 Å². The number of benzene rings is 2. The number of carbonyl (C=O) groups excluding carboxylic acids is 1. The highest BCUT2D eigenvalue weighted by Gasteiger charge is 2.27. The van der Waals surface area contributed by atoms with Crippen molar-refractivity contribution in [3.63, 3.8) is 0 Å². The quantitative estimate of drug-likeness (QED) is 0.800. The van der Waals surface area contributed by atoms with E-state index in [0.29, 0.717) is 18.9 Å². The highest BCUT2D eigenvalue weighted by atomic mass is 16.5. The Morgan fingerprint density at radius 2 is 1.85 bits per heavy atom. The van der Waals surface area contributed by atoms with E-state index in [1.807, 2.05) is 42.5 Å². The summed E-state index contributed by atoms with van der Waals surface area (Å²) in [6.45, 7) is 0.941. The number of fused-ring (bicyclic) bond motifs is 1. The second kappa shape index (κ2) is 8.15. The van der Waals surface area contributed by atoms with Crippen LogP contribution in [0, 0.1) is 5.92 Å². The summed E-state index contributed by atoms with van der Waals surface area (Å²) in [7, 11) is -0.836. The highest BCUT2D eigenvalue weighted by molar-refractivity contribution is 6.61. The van der Waals surface area contributed by atoms with Gasteiger partial charge in [-0.15, -0.1) is 0 Å². The molecule has 0 spiro atoms. The first-order chi connectivity index (χ1) is 13.2. The Labute approximate surface area is 159 Å². The maximum atomic E-state index is 12.2. The molecule has 1 fully saturated rings. The van der Waals surface area contributed by atoms with E-state index in [4.69, 9.17) is 9.39 Å². The van der Waals surface area contributed by atoms with Gasteiger partial charge in [0.1, 0.15) is 11.5 Å². The van der Waals surface area contributed by atoms with Crippen LogP contribution in [0.5, 0.6) is 11.5 Å².